The summed E-state index contributed by atoms with van der Waals surface area (Å²) in [6, 6.07) is 7.76. The van der Waals surface area contributed by atoms with Gasteiger partial charge in [0.1, 0.15) is 12.6 Å². The molecule has 0 aromatic heterocycles. The Labute approximate surface area is 300 Å². The molecule has 13 nitrogen and oxygen atoms in total. The second-order valence-electron chi connectivity index (χ2n) is 13.2. The maximum Gasteiger partial charge on any atom is 0.328 e. The summed E-state index contributed by atoms with van der Waals surface area (Å²) in [6.07, 6.45) is 2.54. The number of benzene rings is 1. The molecule has 1 heterocycles. The molecule has 0 saturated carbocycles. The Balaban J connectivity index is 0.00000401. The summed E-state index contributed by atoms with van der Waals surface area (Å²) >= 11 is 0. The van der Waals surface area contributed by atoms with E-state index in [9.17, 15) is 19.2 Å². The number of likely N-dealkylation sites (N-methyl/N-ethyl adjacent to an activating group) is 1. The Morgan fingerprint density at radius 3 is 2.16 bits per heavy atom. The number of rotatable bonds is 17. The highest BCUT2D eigenvalue weighted by molar-refractivity contribution is 5.86. The maximum absolute atomic E-state index is 13.9. The van der Waals surface area contributed by atoms with Crippen LogP contribution in [0.5, 0.6) is 0 Å². The molecule has 1 saturated heterocycles. The average molecular weight is 705 g/mol. The molecule has 1 aliphatic heterocycles. The van der Waals surface area contributed by atoms with Gasteiger partial charge in [0.15, 0.2) is 5.96 Å². The van der Waals surface area contributed by atoms with Crippen molar-refractivity contribution < 1.29 is 33.4 Å². The number of amides is 3. The molecule has 3 amide bonds. The Bertz CT molecular complexity index is 1210. The van der Waals surface area contributed by atoms with E-state index in [1.807, 2.05) is 44.2 Å². The van der Waals surface area contributed by atoms with Crippen LogP contribution in [0.15, 0.2) is 35.3 Å². The van der Waals surface area contributed by atoms with Gasteiger partial charge in [0.2, 0.25) is 17.7 Å². The van der Waals surface area contributed by atoms with Gasteiger partial charge in [-0.05, 0) is 24.3 Å². The largest absolute Gasteiger partial charge is 0.467 e. The SMILES string of the molecule is CCC.CCC(C)C(C(CC(=O)N1CCCC1C(OC)C(C)C(=O)N[C@@H](Cc1ccccc1)C(=O)OC)OC)N(C)C(=O)CN=C(N)N(C)C. The predicted molar refractivity (Wildman–Crippen MR) is 196 cm³/mol. The van der Waals surface area contributed by atoms with Crippen molar-refractivity contribution in [3.63, 3.8) is 0 Å². The van der Waals surface area contributed by atoms with Crippen molar-refractivity contribution >= 4 is 29.7 Å². The number of ether oxygens (including phenoxy) is 3. The Morgan fingerprint density at radius 2 is 1.64 bits per heavy atom. The average Bonchev–Trinajstić information content (AvgIpc) is 3.59. The van der Waals surface area contributed by atoms with Crippen LogP contribution in [0.25, 0.3) is 0 Å². The Morgan fingerprint density at radius 1 is 1.02 bits per heavy atom. The van der Waals surface area contributed by atoms with Gasteiger partial charge in [-0.15, -0.1) is 0 Å². The minimum absolute atomic E-state index is 0.0281. The minimum Gasteiger partial charge on any atom is -0.467 e. The zero-order valence-electron chi connectivity index (χ0n) is 32.3. The van der Waals surface area contributed by atoms with Gasteiger partial charge in [0.25, 0.3) is 0 Å². The number of carbonyl (C=O) groups is 4. The molecule has 284 valence electrons. The number of guanidine groups is 1. The lowest BCUT2D eigenvalue weighted by Gasteiger charge is -2.39. The zero-order valence-corrected chi connectivity index (χ0v) is 32.3. The number of hydrogen-bond donors (Lipinski definition) is 2. The second-order valence-corrected chi connectivity index (χ2v) is 13.2. The van der Waals surface area contributed by atoms with Crippen molar-refractivity contribution in [3.05, 3.63) is 35.9 Å². The first kappa shape index (κ1) is 44.3. The van der Waals surface area contributed by atoms with Crippen molar-refractivity contribution in [2.75, 3.05) is 55.6 Å². The molecule has 1 aromatic rings. The molecule has 1 fully saturated rings. The molecule has 3 N–H and O–H groups in total. The lowest BCUT2D eigenvalue weighted by atomic mass is 9.90. The van der Waals surface area contributed by atoms with E-state index in [-0.39, 0.29) is 61.1 Å². The predicted octanol–water partition coefficient (Wildman–Crippen LogP) is 3.10. The summed E-state index contributed by atoms with van der Waals surface area (Å²) in [5.74, 6) is -1.68. The first-order valence-electron chi connectivity index (χ1n) is 17.7. The quantitative estimate of drug-likeness (QED) is 0.141. The highest BCUT2D eigenvalue weighted by atomic mass is 16.5. The second kappa shape index (κ2) is 22.9. The van der Waals surface area contributed by atoms with Crippen LogP contribution in [0.3, 0.4) is 0 Å². The number of likely N-dealkylation sites (tertiary alicyclic amines) is 1. The summed E-state index contributed by atoms with van der Waals surface area (Å²) in [4.78, 5) is 62.4. The van der Waals surface area contributed by atoms with Crippen LogP contribution in [0.2, 0.25) is 0 Å². The first-order valence-corrected chi connectivity index (χ1v) is 17.7. The number of carbonyl (C=O) groups excluding carboxylic acids is 4. The lowest BCUT2D eigenvalue weighted by molar-refractivity contribution is -0.148. The number of methoxy groups -OCH3 is 3. The molecule has 0 radical (unpaired) electrons. The molecular formula is C37H64N6O7. The molecule has 1 aliphatic rings. The Hall–Kier alpha value is -3.71. The van der Waals surface area contributed by atoms with E-state index in [1.165, 1.54) is 20.6 Å². The standard InChI is InChI=1S/C34H56N6O7.C3H8/c1-10-22(2)30(39(6)29(42)21-36-34(35)38(4)5)27(45-7)20-28(41)40-18-14-17-26(40)31(46-8)23(3)32(43)37-25(33(44)47-9)19-24-15-12-11-13-16-24;1-3-2/h11-13,15-16,22-23,25-27,30-31H,10,14,17-21H2,1-9H3,(H2,35,36)(H,37,43);3H2,1-2H3/t22?,23?,25-,26?,27?,30?,31?;/m0./s1. The summed E-state index contributed by atoms with van der Waals surface area (Å²) in [5.41, 5.74) is 6.77. The van der Waals surface area contributed by atoms with E-state index in [0.717, 1.165) is 18.4 Å². The molecule has 0 aliphatic carbocycles. The van der Waals surface area contributed by atoms with Gasteiger partial charge >= 0.3 is 5.97 Å². The van der Waals surface area contributed by atoms with Gasteiger partial charge in [-0.25, -0.2) is 9.79 Å². The van der Waals surface area contributed by atoms with Gasteiger partial charge < -0.3 is 40.0 Å². The molecule has 7 atom stereocenters. The fraction of sp³-hybridized carbons (Fsp3) is 0.703. The van der Waals surface area contributed by atoms with Crippen molar-refractivity contribution in [2.45, 2.75) is 103 Å². The Kier molecular flexibility index (Phi) is 20.3. The van der Waals surface area contributed by atoms with E-state index in [1.54, 1.807) is 49.9 Å². The zero-order chi connectivity index (χ0) is 38.0. The summed E-state index contributed by atoms with van der Waals surface area (Å²) in [5, 5.41) is 2.85. The third kappa shape index (κ3) is 13.2. The fourth-order valence-corrected chi connectivity index (χ4v) is 6.22. The normalized spacial score (nSPS) is 18.0. The van der Waals surface area contributed by atoms with Crippen LogP contribution in [-0.4, -0.2) is 130 Å². The number of nitrogens with zero attached hydrogens (tertiary/aromatic N) is 4. The van der Waals surface area contributed by atoms with Crippen LogP contribution in [0.4, 0.5) is 0 Å². The molecule has 13 heteroatoms. The molecule has 0 spiro atoms. The van der Waals surface area contributed by atoms with Crippen molar-refractivity contribution in [3.8, 4) is 0 Å². The molecule has 2 rings (SSSR count). The third-order valence-corrected chi connectivity index (χ3v) is 9.22. The smallest absolute Gasteiger partial charge is 0.328 e. The monoisotopic (exact) mass is 704 g/mol. The summed E-state index contributed by atoms with van der Waals surface area (Å²) in [6.45, 7) is 10.4. The number of nitrogens with two attached hydrogens (primary N) is 1. The molecule has 0 bridgehead atoms. The number of hydrogen-bond acceptors (Lipinski definition) is 8. The highest BCUT2D eigenvalue weighted by Gasteiger charge is 2.42. The summed E-state index contributed by atoms with van der Waals surface area (Å²) < 4.78 is 16.7. The van der Waals surface area contributed by atoms with Gasteiger partial charge in [-0.2, -0.15) is 0 Å². The number of esters is 1. The van der Waals surface area contributed by atoms with E-state index < -0.39 is 30.1 Å². The number of nitrogens with one attached hydrogen (secondary N) is 1. The van der Waals surface area contributed by atoms with Gasteiger partial charge in [-0.3, -0.25) is 14.4 Å². The topological polar surface area (TPSA) is 156 Å². The summed E-state index contributed by atoms with van der Waals surface area (Å²) in [7, 11) is 9.57. The molecular weight excluding hydrogens is 640 g/mol. The molecule has 50 heavy (non-hydrogen) atoms. The van der Waals surface area contributed by atoms with E-state index in [4.69, 9.17) is 19.9 Å². The van der Waals surface area contributed by atoms with Crippen LogP contribution in [0, 0.1) is 11.8 Å². The minimum atomic E-state index is -0.874. The van der Waals surface area contributed by atoms with E-state index in [2.05, 4.69) is 24.2 Å². The molecule has 1 aromatic carbocycles. The van der Waals surface area contributed by atoms with E-state index in [0.29, 0.717) is 13.0 Å². The van der Waals surface area contributed by atoms with Crippen molar-refractivity contribution in [1.82, 2.24) is 20.0 Å². The van der Waals surface area contributed by atoms with Gasteiger partial charge in [0, 0.05) is 48.3 Å². The van der Waals surface area contributed by atoms with Crippen LogP contribution < -0.4 is 11.1 Å². The molecule has 6 unspecified atom stereocenters. The van der Waals surface area contributed by atoms with E-state index >= 15 is 0 Å². The van der Waals surface area contributed by atoms with Gasteiger partial charge in [-0.1, -0.05) is 77.8 Å². The van der Waals surface area contributed by atoms with Gasteiger partial charge in [0.05, 0.1) is 43.7 Å². The third-order valence-electron chi connectivity index (χ3n) is 9.22. The number of aliphatic imine (C=N–C) groups is 1. The highest BCUT2D eigenvalue weighted by Crippen LogP contribution is 2.29. The van der Waals surface area contributed by atoms with Crippen LogP contribution in [-0.2, 0) is 39.8 Å². The fourth-order valence-electron chi connectivity index (χ4n) is 6.22. The maximum atomic E-state index is 13.9. The van der Waals surface area contributed by atoms with Crippen molar-refractivity contribution in [2.24, 2.45) is 22.6 Å². The first-order chi connectivity index (χ1) is 23.7. The lowest BCUT2D eigenvalue weighted by Crippen LogP contribution is -2.54. The van der Waals surface area contributed by atoms with Crippen LogP contribution in [0.1, 0.15) is 72.3 Å². The van der Waals surface area contributed by atoms with Crippen LogP contribution >= 0.6 is 0 Å². The van der Waals surface area contributed by atoms with Crippen molar-refractivity contribution in [1.29, 1.82) is 0 Å².